The molecular formula is C8H14O. The van der Waals surface area contributed by atoms with Gasteiger partial charge in [0.2, 0.25) is 0 Å². The summed E-state index contributed by atoms with van der Waals surface area (Å²) < 4.78 is 5.33. The molecule has 1 aliphatic heterocycles. The van der Waals surface area contributed by atoms with Crippen LogP contribution in [0.25, 0.3) is 0 Å². The highest BCUT2D eigenvalue weighted by Gasteiger charge is 2.16. The summed E-state index contributed by atoms with van der Waals surface area (Å²) in [5.41, 5.74) is 1.45. The highest BCUT2D eigenvalue weighted by Crippen LogP contribution is 2.20. The predicted octanol–water partition coefficient (Wildman–Crippen LogP) is 1.99. The second kappa shape index (κ2) is 2.53. The molecule has 0 aromatic rings. The molecule has 0 aromatic carbocycles. The summed E-state index contributed by atoms with van der Waals surface area (Å²) in [6.07, 6.45) is 2.56. The van der Waals surface area contributed by atoms with Crippen molar-refractivity contribution < 1.29 is 4.74 Å². The predicted molar refractivity (Wildman–Crippen MR) is 38.3 cm³/mol. The van der Waals surface area contributed by atoms with Crippen LogP contribution in [0.1, 0.15) is 20.8 Å². The first-order valence-electron chi connectivity index (χ1n) is 3.53. The smallest absolute Gasteiger partial charge is 0.0764 e. The Labute approximate surface area is 56.7 Å². The summed E-state index contributed by atoms with van der Waals surface area (Å²) in [6.45, 7) is 7.33. The summed E-state index contributed by atoms with van der Waals surface area (Å²) in [5, 5.41) is 0. The average Bonchev–Trinajstić information content (AvgIpc) is 2.13. The molecule has 1 unspecified atom stereocenters. The van der Waals surface area contributed by atoms with Crippen molar-refractivity contribution in [3.05, 3.63) is 11.6 Å². The van der Waals surface area contributed by atoms with Gasteiger partial charge in [0.25, 0.3) is 0 Å². The van der Waals surface area contributed by atoms with Gasteiger partial charge < -0.3 is 4.74 Å². The SMILES string of the molecule is CC(C)C1=CCOC1C. The molecule has 0 saturated carbocycles. The number of hydrogen-bond donors (Lipinski definition) is 0. The van der Waals surface area contributed by atoms with E-state index in [2.05, 4.69) is 26.8 Å². The van der Waals surface area contributed by atoms with Crippen LogP contribution in [0.15, 0.2) is 11.6 Å². The van der Waals surface area contributed by atoms with E-state index >= 15 is 0 Å². The van der Waals surface area contributed by atoms with Crippen molar-refractivity contribution in [3.63, 3.8) is 0 Å². The molecule has 52 valence electrons. The number of rotatable bonds is 1. The van der Waals surface area contributed by atoms with Gasteiger partial charge in [-0.25, -0.2) is 0 Å². The van der Waals surface area contributed by atoms with Crippen LogP contribution in [-0.2, 0) is 4.74 Å². The first-order chi connectivity index (χ1) is 4.22. The molecule has 0 N–H and O–H groups in total. The number of ether oxygens (including phenoxy) is 1. The molecule has 0 fully saturated rings. The molecular weight excluding hydrogens is 112 g/mol. The first-order valence-corrected chi connectivity index (χ1v) is 3.53. The molecule has 0 amide bonds. The summed E-state index contributed by atoms with van der Waals surface area (Å²) in [6, 6.07) is 0. The second-order valence-electron chi connectivity index (χ2n) is 2.83. The fourth-order valence-electron chi connectivity index (χ4n) is 1.26. The second-order valence-corrected chi connectivity index (χ2v) is 2.83. The molecule has 1 rings (SSSR count). The first kappa shape index (κ1) is 6.81. The largest absolute Gasteiger partial charge is 0.370 e. The minimum Gasteiger partial charge on any atom is -0.370 e. The minimum atomic E-state index is 0.366. The zero-order valence-electron chi connectivity index (χ0n) is 6.35. The quantitative estimate of drug-likeness (QED) is 0.488. The van der Waals surface area contributed by atoms with Crippen LogP contribution in [-0.4, -0.2) is 12.7 Å². The van der Waals surface area contributed by atoms with Crippen molar-refractivity contribution in [1.29, 1.82) is 0 Å². The van der Waals surface area contributed by atoms with Gasteiger partial charge in [0, 0.05) is 0 Å². The molecule has 1 heterocycles. The molecule has 0 aromatic heterocycles. The summed E-state index contributed by atoms with van der Waals surface area (Å²) in [7, 11) is 0. The third-order valence-corrected chi connectivity index (χ3v) is 1.80. The lowest BCUT2D eigenvalue weighted by molar-refractivity contribution is 0.131. The van der Waals surface area contributed by atoms with Gasteiger partial charge in [-0.2, -0.15) is 0 Å². The summed E-state index contributed by atoms with van der Waals surface area (Å²) in [5.74, 6) is 0.655. The maximum absolute atomic E-state index is 5.33. The van der Waals surface area contributed by atoms with Crippen LogP contribution in [0, 0.1) is 5.92 Å². The molecule has 0 saturated heterocycles. The van der Waals surface area contributed by atoms with Crippen molar-refractivity contribution in [2.75, 3.05) is 6.61 Å². The molecule has 9 heavy (non-hydrogen) atoms. The van der Waals surface area contributed by atoms with Crippen LogP contribution in [0.4, 0.5) is 0 Å². The lowest BCUT2D eigenvalue weighted by atomic mass is 10.0. The zero-order valence-corrected chi connectivity index (χ0v) is 6.35. The Morgan fingerprint density at radius 1 is 1.67 bits per heavy atom. The molecule has 0 bridgehead atoms. The minimum absolute atomic E-state index is 0.366. The lowest BCUT2D eigenvalue weighted by Crippen LogP contribution is -2.08. The van der Waals surface area contributed by atoms with Gasteiger partial charge in [0.1, 0.15) is 0 Å². The van der Waals surface area contributed by atoms with Gasteiger partial charge in [0.15, 0.2) is 0 Å². The molecule has 1 atom stereocenters. The van der Waals surface area contributed by atoms with E-state index < -0.39 is 0 Å². The maximum atomic E-state index is 5.33. The fraction of sp³-hybridized carbons (Fsp3) is 0.750. The fourth-order valence-corrected chi connectivity index (χ4v) is 1.26. The third kappa shape index (κ3) is 1.33. The Bertz CT molecular complexity index is 125. The van der Waals surface area contributed by atoms with Crippen molar-refractivity contribution >= 4 is 0 Å². The van der Waals surface area contributed by atoms with E-state index in [9.17, 15) is 0 Å². The third-order valence-electron chi connectivity index (χ3n) is 1.80. The van der Waals surface area contributed by atoms with Crippen LogP contribution in [0.5, 0.6) is 0 Å². The van der Waals surface area contributed by atoms with E-state index in [4.69, 9.17) is 4.74 Å². The normalized spacial score (nSPS) is 27.1. The Hall–Kier alpha value is -0.300. The van der Waals surface area contributed by atoms with Gasteiger partial charge in [-0.1, -0.05) is 19.9 Å². The lowest BCUT2D eigenvalue weighted by Gasteiger charge is -2.11. The Morgan fingerprint density at radius 2 is 2.33 bits per heavy atom. The Kier molecular flexibility index (Phi) is 1.91. The van der Waals surface area contributed by atoms with Crippen LogP contribution < -0.4 is 0 Å². The molecule has 1 heteroatoms. The van der Waals surface area contributed by atoms with Crippen molar-refractivity contribution in [1.82, 2.24) is 0 Å². The summed E-state index contributed by atoms with van der Waals surface area (Å²) in [4.78, 5) is 0. The van der Waals surface area contributed by atoms with Crippen molar-refractivity contribution in [3.8, 4) is 0 Å². The van der Waals surface area contributed by atoms with Crippen LogP contribution in [0.2, 0.25) is 0 Å². The Morgan fingerprint density at radius 3 is 2.56 bits per heavy atom. The van der Waals surface area contributed by atoms with Gasteiger partial charge >= 0.3 is 0 Å². The van der Waals surface area contributed by atoms with E-state index in [1.807, 2.05) is 0 Å². The van der Waals surface area contributed by atoms with E-state index in [1.165, 1.54) is 5.57 Å². The number of hydrogen-bond acceptors (Lipinski definition) is 1. The van der Waals surface area contributed by atoms with E-state index in [-0.39, 0.29) is 0 Å². The molecule has 0 spiro atoms. The van der Waals surface area contributed by atoms with E-state index in [1.54, 1.807) is 0 Å². The Balaban J connectivity index is 2.57. The van der Waals surface area contributed by atoms with E-state index in [0.29, 0.717) is 12.0 Å². The molecule has 1 nitrogen and oxygen atoms in total. The molecule has 0 radical (unpaired) electrons. The van der Waals surface area contributed by atoms with Crippen LogP contribution in [0.3, 0.4) is 0 Å². The molecule has 1 aliphatic rings. The molecule has 0 aliphatic carbocycles. The standard InChI is InChI=1S/C8H14O/c1-6(2)8-4-5-9-7(8)3/h4,6-7H,5H2,1-3H3. The van der Waals surface area contributed by atoms with Gasteiger partial charge in [-0.3, -0.25) is 0 Å². The van der Waals surface area contributed by atoms with Crippen LogP contribution >= 0.6 is 0 Å². The van der Waals surface area contributed by atoms with Crippen molar-refractivity contribution in [2.24, 2.45) is 5.92 Å². The zero-order chi connectivity index (χ0) is 6.85. The summed E-state index contributed by atoms with van der Waals surface area (Å²) >= 11 is 0. The topological polar surface area (TPSA) is 9.23 Å². The van der Waals surface area contributed by atoms with E-state index in [0.717, 1.165) is 6.61 Å². The van der Waals surface area contributed by atoms with Gasteiger partial charge in [-0.05, 0) is 18.4 Å². The average molecular weight is 126 g/mol. The highest BCUT2D eigenvalue weighted by atomic mass is 16.5. The maximum Gasteiger partial charge on any atom is 0.0764 e. The van der Waals surface area contributed by atoms with Gasteiger partial charge in [0.05, 0.1) is 12.7 Å². The monoisotopic (exact) mass is 126 g/mol. The van der Waals surface area contributed by atoms with Gasteiger partial charge in [-0.15, -0.1) is 0 Å². The van der Waals surface area contributed by atoms with Crippen molar-refractivity contribution in [2.45, 2.75) is 26.9 Å². The highest BCUT2D eigenvalue weighted by molar-refractivity contribution is 5.13.